The van der Waals surface area contributed by atoms with Gasteiger partial charge in [-0.2, -0.15) is 0 Å². The minimum Gasteiger partial charge on any atom is -0.365 e. The predicted molar refractivity (Wildman–Crippen MR) is 74.8 cm³/mol. The van der Waals surface area contributed by atoms with E-state index in [1.54, 1.807) is 30.3 Å². The van der Waals surface area contributed by atoms with E-state index in [2.05, 4.69) is 4.74 Å². The molecule has 0 N–H and O–H groups in total. The lowest BCUT2D eigenvalue weighted by Gasteiger charge is -2.21. The van der Waals surface area contributed by atoms with E-state index >= 15 is 0 Å². The Balaban J connectivity index is 2.24. The zero-order valence-corrected chi connectivity index (χ0v) is 11.6. The summed E-state index contributed by atoms with van der Waals surface area (Å²) in [5, 5.41) is 0. The molecule has 2 rings (SSSR count). The molecule has 0 saturated heterocycles. The molecule has 0 unspecified atom stereocenters. The van der Waals surface area contributed by atoms with Crippen LogP contribution in [-0.4, -0.2) is 42.1 Å². The van der Waals surface area contributed by atoms with Crippen LogP contribution in [0.3, 0.4) is 0 Å². The average molecular weight is 300 g/mol. The zero-order valence-electron chi connectivity index (χ0n) is 11.6. The number of rotatable bonds is 4. The quantitative estimate of drug-likeness (QED) is 0.447. The molecule has 6 heteroatoms. The first-order valence-electron chi connectivity index (χ1n) is 6.43. The van der Waals surface area contributed by atoms with E-state index < -0.39 is 40.9 Å². The first-order chi connectivity index (χ1) is 10.5. The van der Waals surface area contributed by atoms with Gasteiger partial charge in [0.15, 0.2) is 17.8 Å². The molecule has 0 bridgehead atoms. The SMILES string of the molecule is COC1C(=O)C(=O)C(C(=O)C=Cc2ccccc2)C(=O)C1=O. The standard InChI is InChI=1S/C16H12O6/c1-22-16-14(20)12(18)11(13(19)15(16)21)10(17)8-7-9-5-3-2-4-6-9/h2-8,11,16H,1H3. The van der Waals surface area contributed by atoms with Crippen molar-refractivity contribution in [3.05, 3.63) is 42.0 Å². The Morgan fingerprint density at radius 1 is 0.955 bits per heavy atom. The molecule has 22 heavy (non-hydrogen) atoms. The van der Waals surface area contributed by atoms with Gasteiger partial charge >= 0.3 is 0 Å². The van der Waals surface area contributed by atoms with Gasteiger partial charge in [-0.25, -0.2) is 0 Å². The minimum atomic E-state index is -1.90. The third-order valence-electron chi connectivity index (χ3n) is 3.25. The number of ether oxygens (including phenoxy) is 1. The molecule has 1 aliphatic rings. The van der Waals surface area contributed by atoms with Crippen LogP contribution in [0.25, 0.3) is 6.08 Å². The molecule has 0 aliphatic heterocycles. The third kappa shape index (κ3) is 2.82. The van der Waals surface area contributed by atoms with Crippen LogP contribution in [0.15, 0.2) is 36.4 Å². The summed E-state index contributed by atoms with van der Waals surface area (Å²) in [5.41, 5.74) is 0.680. The van der Waals surface area contributed by atoms with Crippen molar-refractivity contribution in [3.8, 4) is 0 Å². The van der Waals surface area contributed by atoms with Crippen LogP contribution in [0.4, 0.5) is 0 Å². The van der Waals surface area contributed by atoms with Gasteiger partial charge in [0.1, 0.15) is 0 Å². The first-order valence-corrected chi connectivity index (χ1v) is 6.43. The van der Waals surface area contributed by atoms with Crippen molar-refractivity contribution < 1.29 is 28.7 Å². The fourth-order valence-electron chi connectivity index (χ4n) is 2.09. The Kier molecular flexibility index (Phi) is 4.53. The van der Waals surface area contributed by atoms with Crippen LogP contribution >= 0.6 is 0 Å². The van der Waals surface area contributed by atoms with Crippen molar-refractivity contribution in [1.82, 2.24) is 0 Å². The number of carbonyl (C=O) groups excluding carboxylic acids is 5. The van der Waals surface area contributed by atoms with Crippen LogP contribution in [0.1, 0.15) is 5.56 Å². The van der Waals surface area contributed by atoms with Gasteiger partial charge < -0.3 is 4.74 Å². The number of carbonyl (C=O) groups is 5. The molecule has 1 fully saturated rings. The van der Waals surface area contributed by atoms with Crippen LogP contribution in [-0.2, 0) is 28.7 Å². The summed E-state index contributed by atoms with van der Waals surface area (Å²) in [4.78, 5) is 59.1. The van der Waals surface area contributed by atoms with E-state index in [0.29, 0.717) is 5.56 Å². The molecule has 1 aromatic rings. The van der Waals surface area contributed by atoms with Gasteiger partial charge in [-0.15, -0.1) is 0 Å². The summed E-state index contributed by atoms with van der Waals surface area (Å²) in [7, 11) is 1.04. The highest BCUT2D eigenvalue weighted by Gasteiger charge is 2.51. The second-order valence-corrected chi connectivity index (χ2v) is 4.65. The molecular formula is C16H12O6. The fourth-order valence-corrected chi connectivity index (χ4v) is 2.09. The van der Waals surface area contributed by atoms with Crippen LogP contribution in [0.5, 0.6) is 0 Å². The Bertz CT molecular complexity index is 658. The average Bonchev–Trinajstić information content (AvgIpc) is 2.53. The summed E-state index contributed by atoms with van der Waals surface area (Å²) in [6, 6.07) is 8.71. The summed E-state index contributed by atoms with van der Waals surface area (Å²) >= 11 is 0. The lowest BCUT2D eigenvalue weighted by molar-refractivity contribution is -0.161. The molecule has 1 saturated carbocycles. The van der Waals surface area contributed by atoms with Gasteiger partial charge in [-0.3, -0.25) is 24.0 Å². The Hall–Kier alpha value is -2.73. The van der Waals surface area contributed by atoms with Crippen molar-refractivity contribution in [3.63, 3.8) is 0 Å². The smallest absolute Gasteiger partial charge is 0.236 e. The summed E-state index contributed by atoms with van der Waals surface area (Å²) in [6.07, 6.45) is 0.686. The number of Topliss-reactive ketones (excluding diaryl/α,β-unsaturated/α-hetero) is 4. The third-order valence-corrected chi connectivity index (χ3v) is 3.25. The van der Waals surface area contributed by atoms with Crippen molar-refractivity contribution in [2.75, 3.05) is 7.11 Å². The number of allylic oxidation sites excluding steroid dienone is 1. The molecule has 0 radical (unpaired) electrons. The lowest BCUT2D eigenvalue weighted by Crippen LogP contribution is -2.54. The van der Waals surface area contributed by atoms with E-state index in [0.717, 1.165) is 13.2 Å². The van der Waals surface area contributed by atoms with Gasteiger partial charge in [0, 0.05) is 7.11 Å². The monoisotopic (exact) mass is 300 g/mol. The highest BCUT2D eigenvalue weighted by molar-refractivity contribution is 6.65. The fraction of sp³-hybridized carbons (Fsp3) is 0.188. The molecular weight excluding hydrogens is 288 g/mol. The van der Waals surface area contributed by atoms with E-state index in [1.165, 1.54) is 6.08 Å². The summed E-state index contributed by atoms with van der Waals surface area (Å²) < 4.78 is 4.54. The van der Waals surface area contributed by atoms with Crippen LogP contribution in [0.2, 0.25) is 0 Å². The van der Waals surface area contributed by atoms with E-state index in [1.807, 2.05) is 0 Å². The molecule has 112 valence electrons. The van der Waals surface area contributed by atoms with Crippen molar-refractivity contribution in [2.45, 2.75) is 6.10 Å². The second-order valence-electron chi connectivity index (χ2n) is 4.65. The molecule has 0 aromatic heterocycles. The lowest BCUT2D eigenvalue weighted by atomic mass is 9.80. The largest absolute Gasteiger partial charge is 0.365 e. The molecule has 6 nitrogen and oxygen atoms in total. The molecule has 0 amide bonds. The topological polar surface area (TPSA) is 94.6 Å². The number of benzene rings is 1. The van der Waals surface area contributed by atoms with Gasteiger partial charge in [0.25, 0.3) is 0 Å². The molecule has 0 heterocycles. The normalized spacial score (nSPS) is 22.4. The number of methoxy groups -OCH3 is 1. The summed E-state index contributed by atoms with van der Waals surface area (Å²) in [6.45, 7) is 0. The highest BCUT2D eigenvalue weighted by atomic mass is 16.5. The number of ketones is 5. The van der Waals surface area contributed by atoms with Crippen molar-refractivity contribution >= 4 is 35.0 Å². The Morgan fingerprint density at radius 3 is 2.00 bits per heavy atom. The molecule has 1 aromatic carbocycles. The maximum atomic E-state index is 12.0. The van der Waals surface area contributed by atoms with Crippen LogP contribution < -0.4 is 0 Å². The maximum Gasteiger partial charge on any atom is 0.236 e. The number of hydrogen-bond donors (Lipinski definition) is 0. The molecule has 1 aliphatic carbocycles. The van der Waals surface area contributed by atoms with E-state index in [-0.39, 0.29) is 0 Å². The second kappa shape index (κ2) is 6.36. The summed E-state index contributed by atoms with van der Waals surface area (Å²) in [5.74, 6) is -7.54. The van der Waals surface area contributed by atoms with E-state index in [9.17, 15) is 24.0 Å². The molecule has 0 atom stereocenters. The molecule has 0 spiro atoms. The van der Waals surface area contributed by atoms with Crippen molar-refractivity contribution in [2.24, 2.45) is 5.92 Å². The number of hydrogen-bond acceptors (Lipinski definition) is 6. The highest BCUT2D eigenvalue weighted by Crippen LogP contribution is 2.17. The van der Waals surface area contributed by atoms with Crippen molar-refractivity contribution in [1.29, 1.82) is 0 Å². The first kappa shape index (κ1) is 15.7. The minimum absolute atomic E-state index is 0.680. The van der Waals surface area contributed by atoms with Gasteiger partial charge in [-0.1, -0.05) is 36.4 Å². The predicted octanol–water partition coefficient (Wildman–Crippen LogP) is 0.190. The van der Waals surface area contributed by atoms with Gasteiger partial charge in [0.2, 0.25) is 23.1 Å². The van der Waals surface area contributed by atoms with E-state index in [4.69, 9.17) is 0 Å². The Morgan fingerprint density at radius 2 is 1.50 bits per heavy atom. The van der Waals surface area contributed by atoms with Crippen LogP contribution in [0, 0.1) is 5.92 Å². The Labute approximate surface area is 125 Å². The van der Waals surface area contributed by atoms with Gasteiger partial charge in [-0.05, 0) is 11.6 Å². The zero-order chi connectivity index (χ0) is 16.3. The maximum absolute atomic E-state index is 12.0. The van der Waals surface area contributed by atoms with Gasteiger partial charge in [0.05, 0.1) is 0 Å².